The number of oxazole rings is 1. The molecule has 6 heteroatoms. The quantitative estimate of drug-likeness (QED) is 0.748. The van der Waals surface area contributed by atoms with E-state index in [0.29, 0.717) is 22.1 Å². The van der Waals surface area contributed by atoms with E-state index in [0.717, 1.165) is 36.8 Å². The monoisotopic (exact) mass is 363 g/mol. The number of hydrogen-bond acceptors (Lipinski definition) is 5. The second kappa shape index (κ2) is 7.14. The van der Waals surface area contributed by atoms with Crippen molar-refractivity contribution in [2.24, 2.45) is 0 Å². The molecular formula is C20H17N3O2S. The first-order valence-corrected chi connectivity index (χ1v) is 9.40. The highest BCUT2D eigenvalue weighted by molar-refractivity contribution is 7.16. The molecule has 1 aliphatic carbocycles. The van der Waals surface area contributed by atoms with Crippen LogP contribution in [0.25, 0.3) is 11.5 Å². The number of nitriles is 1. The third-order valence-corrected chi connectivity index (χ3v) is 5.66. The fourth-order valence-corrected chi connectivity index (χ4v) is 4.46. The molecule has 1 N–H and O–H groups in total. The van der Waals surface area contributed by atoms with Gasteiger partial charge in [-0.05, 0) is 43.4 Å². The minimum absolute atomic E-state index is 0.115. The summed E-state index contributed by atoms with van der Waals surface area (Å²) in [5, 5.41) is 13.0. The van der Waals surface area contributed by atoms with Gasteiger partial charge in [0.1, 0.15) is 17.3 Å². The van der Waals surface area contributed by atoms with Crippen molar-refractivity contribution in [3.63, 3.8) is 0 Å². The van der Waals surface area contributed by atoms with Crippen molar-refractivity contribution in [1.82, 2.24) is 4.98 Å². The second-order valence-electron chi connectivity index (χ2n) is 6.26. The first kappa shape index (κ1) is 16.6. The van der Waals surface area contributed by atoms with Crippen LogP contribution in [0.3, 0.4) is 0 Å². The van der Waals surface area contributed by atoms with Crippen LogP contribution in [-0.4, -0.2) is 10.9 Å². The molecule has 0 saturated heterocycles. The van der Waals surface area contributed by atoms with Crippen molar-refractivity contribution in [1.29, 1.82) is 5.26 Å². The standard InChI is InChI=1S/C20H17N3O2S/c21-11-16-15-8-4-5-9-17(15)26-20(16)23-18(24)10-14-12-25-19(22-14)13-6-2-1-3-7-13/h1-3,6-7,12H,4-5,8-10H2,(H,23,24). The number of aryl methyl sites for hydroxylation is 1. The van der Waals surface area contributed by atoms with Gasteiger partial charge < -0.3 is 9.73 Å². The fourth-order valence-electron chi connectivity index (χ4n) is 3.21. The van der Waals surface area contributed by atoms with E-state index >= 15 is 0 Å². The Hall–Kier alpha value is -2.91. The summed E-state index contributed by atoms with van der Waals surface area (Å²) in [6.07, 6.45) is 5.79. The SMILES string of the molecule is N#Cc1c(NC(=O)Cc2coc(-c3ccccc3)n2)sc2c1CCCC2. The highest BCUT2D eigenvalue weighted by Crippen LogP contribution is 2.37. The summed E-state index contributed by atoms with van der Waals surface area (Å²) >= 11 is 1.53. The van der Waals surface area contributed by atoms with Crippen LogP contribution in [0, 0.1) is 11.3 Å². The number of thiophene rings is 1. The molecule has 1 amide bonds. The molecule has 4 rings (SSSR count). The lowest BCUT2D eigenvalue weighted by atomic mass is 9.96. The fraction of sp³-hybridized carbons (Fsp3) is 0.250. The zero-order chi connectivity index (χ0) is 17.9. The van der Waals surface area contributed by atoms with Crippen molar-refractivity contribution in [3.8, 4) is 17.5 Å². The molecule has 0 aliphatic heterocycles. The summed E-state index contributed by atoms with van der Waals surface area (Å²) < 4.78 is 5.47. The molecule has 0 radical (unpaired) electrons. The third kappa shape index (κ3) is 3.26. The number of nitrogens with zero attached hydrogens (tertiary/aromatic N) is 2. The van der Waals surface area contributed by atoms with Crippen LogP contribution in [0.1, 0.15) is 34.5 Å². The average Bonchev–Trinajstić information content (AvgIpc) is 3.26. The van der Waals surface area contributed by atoms with Crippen LogP contribution in [0.15, 0.2) is 41.0 Å². The molecule has 1 aliphatic rings. The largest absolute Gasteiger partial charge is 0.444 e. The first-order valence-electron chi connectivity index (χ1n) is 8.59. The molecule has 0 atom stereocenters. The van der Waals surface area contributed by atoms with Crippen LogP contribution in [-0.2, 0) is 24.1 Å². The van der Waals surface area contributed by atoms with Crippen LogP contribution in [0.5, 0.6) is 0 Å². The molecular weight excluding hydrogens is 346 g/mol. The number of rotatable bonds is 4. The highest BCUT2D eigenvalue weighted by Gasteiger charge is 2.22. The maximum Gasteiger partial charge on any atom is 0.231 e. The molecule has 0 bridgehead atoms. The lowest BCUT2D eigenvalue weighted by Gasteiger charge is -2.09. The molecule has 0 spiro atoms. The highest BCUT2D eigenvalue weighted by atomic mass is 32.1. The van der Waals surface area contributed by atoms with Gasteiger partial charge in [0.25, 0.3) is 0 Å². The Bertz CT molecular complexity index is 982. The molecule has 1 aromatic carbocycles. The topological polar surface area (TPSA) is 78.9 Å². The van der Waals surface area contributed by atoms with Gasteiger partial charge in [-0.2, -0.15) is 5.26 Å². The predicted molar refractivity (Wildman–Crippen MR) is 99.9 cm³/mol. The minimum atomic E-state index is -0.187. The van der Waals surface area contributed by atoms with Gasteiger partial charge >= 0.3 is 0 Å². The number of benzene rings is 1. The lowest BCUT2D eigenvalue weighted by Crippen LogP contribution is -2.14. The molecule has 0 fully saturated rings. The van der Waals surface area contributed by atoms with Gasteiger partial charge in [-0.3, -0.25) is 4.79 Å². The Morgan fingerprint density at radius 2 is 2.08 bits per heavy atom. The van der Waals surface area contributed by atoms with E-state index in [1.807, 2.05) is 30.3 Å². The Balaban J connectivity index is 1.48. The van der Waals surface area contributed by atoms with Gasteiger partial charge in [-0.1, -0.05) is 18.2 Å². The number of fused-ring (bicyclic) bond motifs is 1. The van der Waals surface area contributed by atoms with Crippen molar-refractivity contribution in [3.05, 3.63) is 58.3 Å². The molecule has 2 aromatic heterocycles. The normalized spacial score (nSPS) is 13.0. The van der Waals surface area contributed by atoms with Gasteiger partial charge in [0.15, 0.2) is 0 Å². The van der Waals surface area contributed by atoms with Crippen molar-refractivity contribution >= 4 is 22.2 Å². The van der Waals surface area contributed by atoms with E-state index < -0.39 is 0 Å². The Morgan fingerprint density at radius 1 is 1.27 bits per heavy atom. The van der Waals surface area contributed by atoms with Crippen LogP contribution < -0.4 is 5.32 Å². The molecule has 26 heavy (non-hydrogen) atoms. The van der Waals surface area contributed by atoms with Crippen molar-refractivity contribution in [2.75, 3.05) is 5.32 Å². The maximum absolute atomic E-state index is 12.4. The number of hydrogen-bond donors (Lipinski definition) is 1. The lowest BCUT2D eigenvalue weighted by molar-refractivity contribution is -0.115. The van der Waals surface area contributed by atoms with Crippen LogP contribution in [0.4, 0.5) is 5.00 Å². The molecule has 130 valence electrons. The van der Waals surface area contributed by atoms with E-state index in [1.54, 1.807) is 0 Å². The van der Waals surface area contributed by atoms with Crippen molar-refractivity contribution in [2.45, 2.75) is 32.1 Å². The van der Waals surface area contributed by atoms with E-state index in [4.69, 9.17) is 4.42 Å². The van der Waals surface area contributed by atoms with E-state index in [9.17, 15) is 10.1 Å². The van der Waals surface area contributed by atoms with E-state index in [-0.39, 0.29) is 12.3 Å². The van der Waals surface area contributed by atoms with Crippen LogP contribution >= 0.6 is 11.3 Å². The minimum Gasteiger partial charge on any atom is -0.444 e. The van der Waals surface area contributed by atoms with Gasteiger partial charge in [0, 0.05) is 10.4 Å². The zero-order valence-corrected chi connectivity index (χ0v) is 14.9. The van der Waals surface area contributed by atoms with Crippen LogP contribution in [0.2, 0.25) is 0 Å². The Kier molecular flexibility index (Phi) is 4.55. The smallest absolute Gasteiger partial charge is 0.231 e. The summed E-state index contributed by atoms with van der Waals surface area (Å²) in [4.78, 5) is 18.0. The zero-order valence-electron chi connectivity index (χ0n) is 14.1. The number of carbonyl (C=O) groups excluding carboxylic acids is 1. The summed E-state index contributed by atoms with van der Waals surface area (Å²) in [6, 6.07) is 11.8. The van der Waals surface area contributed by atoms with Gasteiger partial charge in [0.2, 0.25) is 11.8 Å². The molecule has 3 aromatic rings. The van der Waals surface area contributed by atoms with Gasteiger partial charge in [-0.15, -0.1) is 11.3 Å². The Morgan fingerprint density at radius 3 is 2.88 bits per heavy atom. The van der Waals surface area contributed by atoms with E-state index in [2.05, 4.69) is 16.4 Å². The maximum atomic E-state index is 12.4. The summed E-state index contributed by atoms with van der Waals surface area (Å²) in [7, 11) is 0. The number of anilines is 1. The summed E-state index contributed by atoms with van der Waals surface area (Å²) in [5.74, 6) is 0.311. The predicted octanol–water partition coefficient (Wildman–Crippen LogP) is 4.33. The first-order chi connectivity index (χ1) is 12.7. The molecule has 0 saturated carbocycles. The average molecular weight is 363 g/mol. The molecule has 2 heterocycles. The number of carbonyl (C=O) groups is 1. The van der Waals surface area contributed by atoms with Gasteiger partial charge in [-0.25, -0.2) is 4.98 Å². The summed E-state index contributed by atoms with van der Waals surface area (Å²) in [6.45, 7) is 0. The second-order valence-corrected chi connectivity index (χ2v) is 7.37. The van der Waals surface area contributed by atoms with E-state index in [1.165, 1.54) is 22.5 Å². The molecule has 0 unspecified atom stereocenters. The van der Waals surface area contributed by atoms with Gasteiger partial charge in [0.05, 0.1) is 17.7 Å². The molecule has 5 nitrogen and oxygen atoms in total. The third-order valence-electron chi connectivity index (χ3n) is 4.45. The summed E-state index contributed by atoms with van der Waals surface area (Å²) in [5.41, 5.74) is 3.19. The van der Waals surface area contributed by atoms with Crippen molar-refractivity contribution < 1.29 is 9.21 Å². The number of nitrogens with one attached hydrogen (secondary N) is 1. The Labute approximate surface area is 155 Å². The number of aromatic nitrogens is 1. The number of amides is 1.